The van der Waals surface area contributed by atoms with Gasteiger partial charge in [0.15, 0.2) is 6.29 Å². The number of carbonyl (C=O) groups excluding carboxylic acids is 1. The lowest BCUT2D eigenvalue weighted by Crippen LogP contribution is -2.38. The van der Waals surface area contributed by atoms with Crippen LogP contribution in [0.15, 0.2) is 48.5 Å². The molecule has 2 heterocycles. The second-order valence-corrected chi connectivity index (χ2v) is 7.42. The molecule has 0 saturated heterocycles. The van der Waals surface area contributed by atoms with E-state index in [0.717, 1.165) is 5.56 Å². The molecule has 0 saturated carbocycles. The largest absolute Gasteiger partial charge is 0.354 e. The van der Waals surface area contributed by atoms with Crippen molar-refractivity contribution in [3.8, 4) is 11.3 Å². The molecule has 1 aliphatic heterocycles. The number of aromatic amines is 1. The Morgan fingerprint density at radius 3 is 2.58 bits per heavy atom. The third kappa shape index (κ3) is 3.78. The van der Waals surface area contributed by atoms with Gasteiger partial charge >= 0.3 is 0 Å². The predicted octanol–water partition coefficient (Wildman–Crippen LogP) is 3.80. The van der Waals surface area contributed by atoms with E-state index in [1.54, 1.807) is 29.2 Å². The molecule has 0 bridgehead atoms. The zero-order valence-corrected chi connectivity index (χ0v) is 17.5. The van der Waals surface area contributed by atoms with Gasteiger partial charge in [0.2, 0.25) is 0 Å². The Morgan fingerprint density at radius 2 is 1.94 bits per heavy atom. The van der Waals surface area contributed by atoms with Crippen molar-refractivity contribution in [2.75, 3.05) is 20.8 Å². The number of nitrogens with zero attached hydrogens (tertiary/aromatic N) is 3. The first-order valence-electron chi connectivity index (χ1n) is 9.39. The molecule has 0 radical (unpaired) electrons. The number of amides is 1. The summed E-state index contributed by atoms with van der Waals surface area (Å²) in [6.07, 6.45) is -0.666. The van der Waals surface area contributed by atoms with Crippen LogP contribution >= 0.6 is 11.6 Å². The van der Waals surface area contributed by atoms with Crippen LogP contribution in [-0.4, -0.2) is 53.0 Å². The fraction of sp³-hybridized carbons (Fsp3) is 0.238. The van der Waals surface area contributed by atoms with E-state index < -0.39 is 17.3 Å². The summed E-state index contributed by atoms with van der Waals surface area (Å²) in [5.74, 6) is -0.293. The number of aromatic nitrogens is 2. The lowest BCUT2D eigenvalue weighted by molar-refractivity contribution is -0.384. The number of ether oxygens (including phenoxy) is 2. The molecule has 0 spiro atoms. The van der Waals surface area contributed by atoms with Crippen molar-refractivity contribution in [1.29, 1.82) is 0 Å². The van der Waals surface area contributed by atoms with Gasteiger partial charge in [-0.1, -0.05) is 35.9 Å². The Kier molecular flexibility index (Phi) is 5.73. The standard InChI is InChI=1S/C21H19ClN4O5/c1-30-16(31-2)11-25-20(13-4-3-5-15(10-13)26(28)29)17-18(23-24-19(17)21(25)27)12-6-8-14(22)9-7-12/h3-10,16,20H,11H2,1-2H3,(H,23,24). The number of rotatable bonds is 7. The van der Waals surface area contributed by atoms with Crippen LogP contribution in [0.1, 0.15) is 27.7 Å². The minimum Gasteiger partial charge on any atom is -0.354 e. The van der Waals surface area contributed by atoms with Gasteiger partial charge in [-0.3, -0.25) is 20.0 Å². The van der Waals surface area contributed by atoms with Crippen molar-refractivity contribution in [3.63, 3.8) is 0 Å². The zero-order chi connectivity index (χ0) is 22.1. The van der Waals surface area contributed by atoms with E-state index in [1.807, 2.05) is 12.1 Å². The van der Waals surface area contributed by atoms with Gasteiger partial charge in [0.25, 0.3) is 11.6 Å². The van der Waals surface area contributed by atoms with Gasteiger partial charge in [-0.25, -0.2) is 0 Å². The van der Waals surface area contributed by atoms with Crippen molar-refractivity contribution in [1.82, 2.24) is 15.1 Å². The first-order chi connectivity index (χ1) is 14.9. The van der Waals surface area contributed by atoms with Crippen LogP contribution in [0.5, 0.6) is 0 Å². The average Bonchev–Trinajstić information content (AvgIpc) is 3.31. The fourth-order valence-electron chi connectivity index (χ4n) is 3.77. The topological polar surface area (TPSA) is 111 Å². The second-order valence-electron chi connectivity index (χ2n) is 6.98. The third-order valence-electron chi connectivity index (χ3n) is 5.25. The van der Waals surface area contributed by atoms with Crippen molar-refractivity contribution in [2.24, 2.45) is 0 Å². The van der Waals surface area contributed by atoms with Crippen LogP contribution in [-0.2, 0) is 9.47 Å². The van der Waals surface area contributed by atoms with E-state index in [9.17, 15) is 14.9 Å². The molecule has 10 heteroatoms. The Labute approximate surface area is 182 Å². The molecular formula is C21H19ClN4O5. The monoisotopic (exact) mass is 442 g/mol. The molecule has 2 aromatic carbocycles. The lowest BCUT2D eigenvalue weighted by Gasteiger charge is -2.29. The maximum absolute atomic E-state index is 13.3. The predicted molar refractivity (Wildman–Crippen MR) is 113 cm³/mol. The maximum atomic E-state index is 13.3. The number of hydrogen-bond donors (Lipinski definition) is 1. The molecular weight excluding hydrogens is 424 g/mol. The smallest absolute Gasteiger partial charge is 0.273 e. The van der Waals surface area contributed by atoms with Gasteiger partial charge in [0, 0.05) is 42.5 Å². The Hall–Kier alpha value is -3.27. The summed E-state index contributed by atoms with van der Waals surface area (Å²) in [7, 11) is 2.97. The van der Waals surface area contributed by atoms with Gasteiger partial charge in [0.05, 0.1) is 23.2 Å². The first-order valence-corrected chi connectivity index (χ1v) is 9.77. The summed E-state index contributed by atoms with van der Waals surface area (Å²) < 4.78 is 10.6. The Bertz CT molecular complexity index is 1130. The van der Waals surface area contributed by atoms with Crippen LogP contribution in [0.25, 0.3) is 11.3 Å². The normalized spacial score (nSPS) is 15.5. The Morgan fingerprint density at radius 1 is 1.23 bits per heavy atom. The molecule has 4 rings (SSSR count). The average molecular weight is 443 g/mol. The number of fused-ring (bicyclic) bond motifs is 1. The number of nitrogens with one attached hydrogen (secondary N) is 1. The van der Waals surface area contributed by atoms with E-state index >= 15 is 0 Å². The number of benzene rings is 2. The SMILES string of the molecule is COC(CN1C(=O)c2[nH]nc(-c3ccc(Cl)cc3)c2C1c1cccc([N+](=O)[O-])c1)OC. The van der Waals surface area contributed by atoms with Gasteiger partial charge in [-0.15, -0.1) is 0 Å². The van der Waals surface area contributed by atoms with Crippen LogP contribution in [0.2, 0.25) is 5.02 Å². The van der Waals surface area contributed by atoms with Crippen LogP contribution in [0.3, 0.4) is 0 Å². The number of H-pyrrole nitrogens is 1. The van der Waals surface area contributed by atoms with E-state index in [-0.39, 0.29) is 18.1 Å². The highest BCUT2D eigenvalue weighted by atomic mass is 35.5. The molecule has 160 valence electrons. The van der Waals surface area contributed by atoms with Crippen LogP contribution < -0.4 is 0 Å². The molecule has 0 fully saturated rings. The molecule has 1 amide bonds. The molecule has 0 aliphatic carbocycles. The highest BCUT2D eigenvalue weighted by molar-refractivity contribution is 6.30. The molecule has 1 aliphatic rings. The van der Waals surface area contributed by atoms with Gasteiger partial charge < -0.3 is 14.4 Å². The van der Waals surface area contributed by atoms with Crippen LogP contribution in [0.4, 0.5) is 5.69 Å². The number of hydrogen-bond acceptors (Lipinski definition) is 6. The highest BCUT2D eigenvalue weighted by Crippen LogP contribution is 2.43. The zero-order valence-electron chi connectivity index (χ0n) is 16.7. The van der Waals surface area contributed by atoms with Gasteiger partial charge in [0.1, 0.15) is 5.69 Å². The van der Waals surface area contributed by atoms with E-state index in [4.69, 9.17) is 21.1 Å². The number of nitro benzene ring substituents is 1. The summed E-state index contributed by atoms with van der Waals surface area (Å²) in [5, 5.41) is 19.1. The van der Waals surface area contributed by atoms with E-state index in [1.165, 1.54) is 26.4 Å². The summed E-state index contributed by atoms with van der Waals surface area (Å²) in [4.78, 5) is 25.7. The number of methoxy groups -OCH3 is 2. The molecule has 3 aromatic rings. The minimum absolute atomic E-state index is 0.0649. The maximum Gasteiger partial charge on any atom is 0.273 e. The van der Waals surface area contributed by atoms with Gasteiger partial charge in [-0.05, 0) is 17.7 Å². The van der Waals surface area contributed by atoms with E-state index in [0.29, 0.717) is 27.5 Å². The summed E-state index contributed by atoms with van der Waals surface area (Å²) in [6, 6.07) is 12.7. The van der Waals surface area contributed by atoms with Crippen molar-refractivity contribution in [3.05, 3.63) is 80.5 Å². The third-order valence-corrected chi connectivity index (χ3v) is 5.50. The van der Waals surface area contributed by atoms with Crippen LogP contribution in [0, 0.1) is 10.1 Å². The molecule has 31 heavy (non-hydrogen) atoms. The molecule has 9 nitrogen and oxygen atoms in total. The summed E-state index contributed by atoms with van der Waals surface area (Å²) in [5.41, 5.74) is 2.83. The summed E-state index contributed by atoms with van der Waals surface area (Å²) in [6.45, 7) is 0.127. The van der Waals surface area contributed by atoms with Crippen molar-refractivity contribution in [2.45, 2.75) is 12.3 Å². The molecule has 1 unspecified atom stereocenters. The molecule has 1 aromatic heterocycles. The lowest BCUT2D eigenvalue weighted by atomic mass is 9.96. The number of carbonyl (C=O) groups is 1. The first kappa shape index (κ1) is 21.0. The fourth-order valence-corrected chi connectivity index (χ4v) is 3.90. The minimum atomic E-state index is -0.666. The Balaban J connectivity index is 1.87. The summed E-state index contributed by atoms with van der Waals surface area (Å²) >= 11 is 6.02. The van der Waals surface area contributed by atoms with Crippen molar-refractivity contribution < 1.29 is 19.2 Å². The molecule has 1 atom stereocenters. The number of nitro groups is 1. The number of halogens is 1. The molecule has 1 N–H and O–H groups in total. The van der Waals surface area contributed by atoms with Gasteiger partial charge in [-0.2, -0.15) is 5.10 Å². The van der Waals surface area contributed by atoms with E-state index in [2.05, 4.69) is 10.2 Å². The number of non-ortho nitro benzene ring substituents is 1. The second kappa shape index (κ2) is 8.46. The quantitative estimate of drug-likeness (QED) is 0.338. The highest BCUT2D eigenvalue weighted by Gasteiger charge is 2.43. The van der Waals surface area contributed by atoms with Crippen molar-refractivity contribution >= 4 is 23.2 Å².